The van der Waals surface area contributed by atoms with Gasteiger partial charge < -0.3 is 10.6 Å². The van der Waals surface area contributed by atoms with E-state index < -0.39 is 0 Å². The first kappa shape index (κ1) is 13.6. The van der Waals surface area contributed by atoms with Crippen LogP contribution in [0.3, 0.4) is 0 Å². The molecule has 18 heavy (non-hydrogen) atoms. The van der Waals surface area contributed by atoms with Gasteiger partial charge in [-0.1, -0.05) is 18.6 Å². The lowest BCUT2D eigenvalue weighted by atomic mass is 9.76. The van der Waals surface area contributed by atoms with Crippen molar-refractivity contribution in [3.63, 3.8) is 0 Å². The van der Waals surface area contributed by atoms with E-state index in [1.54, 1.807) is 0 Å². The number of amides is 1. The Balaban J connectivity index is 1.78. The number of hydrogen-bond donors (Lipinski definition) is 2. The third kappa shape index (κ3) is 3.14. The second kappa shape index (κ2) is 6.37. The Labute approximate surface area is 110 Å². The second-order valence-corrected chi connectivity index (χ2v) is 5.64. The van der Waals surface area contributed by atoms with Gasteiger partial charge in [0.2, 0.25) is 5.91 Å². The van der Waals surface area contributed by atoms with E-state index in [0.717, 1.165) is 45.3 Å². The van der Waals surface area contributed by atoms with E-state index in [1.165, 1.54) is 24.8 Å². The summed E-state index contributed by atoms with van der Waals surface area (Å²) in [4.78, 5) is 12.4. The summed E-state index contributed by atoms with van der Waals surface area (Å²) in [5.74, 6) is 0.282. The quantitative estimate of drug-likeness (QED) is 0.736. The molecular formula is C15H26N2O. The van der Waals surface area contributed by atoms with Crippen LogP contribution in [0.2, 0.25) is 0 Å². The molecule has 0 unspecified atom stereocenters. The van der Waals surface area contributed by atoms with Gasteiger partial charge in [0.1, 0.15) is 0 Å². The van der Waals surface area contributed by atoms with Crippen LogP contribution >= 0.6 is 0 Å². The zero-order valence-electron chi connectivity index (χ0n) is 11.6. The first-order valence-corrected chi connectivity index (χ1v) is 7.44. The van der Waals surface area contributed by atoms with Gasteiger partial charge in [-0.25, -0.2) is 0 Å². The molecule has 2 rings (SSSR count). The van der Waals surface area contributed by atoms with Crippen molar-refractivity contribution in [1.29, 1.82) is 0 Å². The highest BCUT2D eigenvalue weighted by Gasteiger charge is 2.37. The Hall–Kier alpha value is -0.830. The zero-order valence-corrected chi connectivity index (χ0v) is 11.6. The highest BCUT2D eigenvalue weighted by atomic mass is 16.2. The molecule has 1 saturated heterocycles. The SMILES string of the molecule is CCC1(C(=O)NCCC2=CCCC2)CCNCC1. The summed E-state index contributed by atoms with van der Waals surface area (Å²) < 4.78 is 0. The largest absolute Gasteiger partial charge is 0.355 e. The average molecular weight is 250 g/mol. The number of nitrogens with one attached hydrogen (secondary N) is 2. The van der Waals surface area contributed by atoms with E-state index in [0.29, 0.717) is 0 Å². The molecule has 0 saturated carbocycles. The van der Waals surface area contributed by atoms with E-state index in [2.05, 4.69) is 23.6 Å². The van der Waals surface area contributed by atoms with Gasteiger partial charge >= 0.3 is 0 Å². The van der Waals surface area contributed by atoms with Crippen molar-refractivity contribution in [2.75, 3.05) is 19.6 Å². The fourth-order valence-electron chi connectivity index (χ4n) is 3.14. The second-order valence-electron chi connectivity index (χ2n) is 5.64. The molecule has 3 nitrogen and oxygen atoms in total. The monoisotopic (exact) mass is 250 g/mol. The molecule has 1 aliphatic heterocycles. The van der Waals surface area contributed by atoms with Crippen LogP contribution in [0.25, 0.3) is 0 Å². The van der Waals surface area contributed by atoms with Crippen LogP contribution in [-0.4, -0.2) is 25.5 Å². The van der Waals surface area contributed by atoms with Crippen molar-refractivity contribution < 1.29 is 4.79 Å². The molecule has 1 fully saturated rings. The highest BCUT2D eigenvalue weighted by Crippen LogP contribution is 2.32. The van der Waals surface area contributed by atoms with E-state index in [-0.39, 0.29) is 11.3 Å². The fraction of sp³-hybridized carbons (Fsp3) is 0.800. The summed E-state index contributed by atoms with van der Waals surface area (Å²) in [7, 11) is 0. The highest BCUT2D eigenvalue weighted by molar-refractivity contribution is 5.82. The third-order valence-electron chi connectivity index (χ3n) is 4.59. The van der Waals surface area contributed by atoms with Crippen molar-refractivity contribution in [3.8, 4) is 0 Å². The Morgan fingerprint density at radius 3 is 2.83 bits per heavy atom. The van der Waals surface area contributed by atoms with Gasteiger partial charge in [-0.15, -0.1) is 0 Å². The molecule has 0 bridgehead atoms. The first-order valence-electron chi connectivity index (χ1n) is 7.44. The molecule has 0 radical (unpaired) electrons. The number of piperidine rings is 1. The molecule has 0 aromatic rings. The van der Waals surface area contributed by atoms with Crippen molar-refractivity contribution in [2.24, 2.45) is 5.41 Å². The topological polar surface area (TPSA) is 41.1 Å². The van der Waals surface area contributed by atoms with Crippen LogP contribution in [-0.2, 0) is 4.79 Å². The first-order chi connectivity index (χ1) is 8.77. The maximum absolute atomic E-state index is 12.4. The minimum Gasteiger partial charge on any atom is -0.355 e. The molecule has 1 aliphatic carbocycles. The lowest BCUT2D eigenvalue weighted by Crippen LogP contribution is -2.47. The van der Waals surface area contributed by atoms with E-state index in [1.807, 2.05) is 0 Å². The van der Waals surface area contributed by atoms with Crippen molar-refractivity contribution in [2.45, 2.75) is 51.9 Å². The number of carbonyl (C=O) groups excluding carboxylic acids is 1. The minimum atomic E-state index is -0.102. The van der Waals surface area contributed by atoms with Crippen LogP contribution in [0.15, 0.2) is 11.6 Å². The number of hydrogen-bond acceptors (Lipinski definition) is 2. The Kier molecular flexibility index (Phi) is 4.81. The van der Waals surface area contributed by atoms with Gasteiger partial charge in [-0.05, 0) is 58.0 Å². The Bertz CT molecular complexity index is 316. The molecule has 0 aromatic heterocycles. The number of allylic oxidation sites excluding steroid dienone is 1. The summed E-state index contributed by atoms with van der Waals surface area (Å²) in [6.45, 7) is 4.92. The predicted octanol–water partition coefficient (Wildman–Crippen LogP) is 2.38. The van der Waals surface area contributed by atoms with Gasteiger partial charge in [-0.2, -0.15) is 0 Å². The molecule has 1 amide bonds. The molecule has 0 spiro atoms. The summed E-state index contributed by atoms with van der Waals surface area (Å²) >= 11 is 0. The molecule has 102 valence electrons. The summed E-state index contributed by atoms with van der Waals surface area (Å²) in [6, 6.07) is 0. The van der Waals surface area contributed by atoms with Crippen molar-refractivity contribution in [3.05, 3.63) is 11.6 Å². The van der Waals surface area contributed by atoms with E-state index >= 15 is 0 Å². The van der Waals surface area contributed by atoms with Crippen LogP contribution in [0.5, 0.6) is 0 Å². The molecule has 2 N–H and O–H groups in total. The molecule has 0 atom stereocenters. The fourth-order valence-corrected chi connectivity index (χ4v) is 3.14. The lowest BCUT2D eigenvalue weighted by molar-refractivity contribution is -0.132. The summed E-state index contributed by atoms with van der Waals surface area (Å²) in [5, 5.41) is 6.50. The van der Waals surface area contributed by atoms with Gasteiger partial charge in [0.15, 0.2) is 0 Å². The molecule has 0 aromatic carbocycles. The molecule has 3 heteroatoms. The third-order valence-corrected chi connectivity index (χ3v) is 4.59. The average Bonchev–Trinajstić information content (AvgIpc) is 2.92. The van der Waals surface area contributed by atoms with Crippen LogP contribution in [0.1, 0.15) is 51.9 Å². The standard InChI is InChI=1S/C15H26N2O/c1-2-15(8-11-16-12-9-15)14(18)17-10-7-13-5-3-4-6-13/h5,16H,2-4,6-12H2,1H3,(H,17,18). The lowest BCUT2D eigenvalue weighted by Gasteiger charge is -2.35. The zero-order chi connectivity index (χ0) is 12.8. The van der Waals surface area contributed by atoms with Crippen molar-refractivity contribution >= 4 is 5.91 Å². The van der Waals surface area contributed by atoms with Crippen LogP contribution in [0, 0.1) is 5.41 Å². The molecule has 1 heterocycles. The van der Waals surface area contributed by atoms with E-state index in [9.17, 15) is 4.79 Å². The summed E-state index contributed by atoms with van der Waals surface area (Å²) in [6.07, 6.45) is 10.1. The number of rotatable bonds is 5. The smallest absolute Gasteiger partial charge is 0.226 e. The van der Waals surface area contributed by atoms with E-state index in [4.69, 9.17) is 0 Å². The minimum absolute atomic E-state index is 0.102. The number of carbonyl (C=O) groups is 1. The van der Waals surface area contributed by atoms with Crippen LogP contribution < -0.4 is 10.6 Å². The Morgan fingerprint density at radius 1 is 1.44 bits per heavy atom. The van der Waals surface area contributed by atoms with Gasteiger partial charge in [0.05, 0.1) is 5.41 Å². The Morgan fingerprint density at radius 2 is 2.22 bits per heavy atom. The predicted molar refractivity (Wildman–Crippen MR) is 74.4 cm³/mol. The maximum Gasteiger partial charge on any atom is 0.226 e. The molecule has 2 aliphatic rings. The van der Waals surface area contributed by atoms with Gasteiger partial charge in [-0.3, -0.25) is 4.79 Å². The van der Waals surface area contributed by atoms with Gasteiger partial charge in [0, 0.05) is 6.54 Å². The van der Waals surface area contributed by atoms with Gasteiger partial charge in [0.25, 0.3) is 0 Å². The maximum atomic E-state index is 12.4. The summed E-state index contributed by atoms with van der Waals surface area (Å²) in [5.41, 5.74) is 1.43. The van der Waals surface area contributed by atoms with Crippen LogP contribution in [0.4, 0.5) is 0 Å². The van der Waals surface area contributed by atoms with Crippen molar-refractivity contribution in [1.82, 2.24) is 10.6 Å². The molecular weight excluding hydrogens is 224 g/mol. The normalized spacial score (nSPS) is 22.6.